The number of nitrogens with two attached hydrogens (primary N) is 1. The van der Waals surface area contributed by atoms with Gasteiger partial charge in [-0.1, -0.05) is 42.5 Å². The molecule has 0 bridgehead atoms. The zero-order valence-corrected chi connectivity index (χ0v) is 16.0. The van der Waals surface area contributed by atoms with Crippen LogP contribution in [0.4, 0.5) is 11.8 Å². The van der Waals surface area contributed by atoms with Crippen molar-refractivity contribution in [3.63, 3.8) is 0 Å². The summed E-state index contributed by atoms with van der Waals surface area (Å²) < 4.78 is 0. The molecular weight excluding hydrogens is 360 g/mol. The zero-order valence-electron chi connectivity index (χ0n) is 16.0. The average molecular weight is 382 g/mol. The molecule has 6 nitrogen and oxygen atoms in total. The molecule has 6 heteroatoms. The first-order valence-electron chi connectivity index (χ1n) is 10.1. The fraction of sp³-hybridized carbons (Fsp3) is 0.261. The lowest BCUT2D eigenvalue weighted by Crippen LogP contribution is -2.26. The van der Waals surface area contributed by atoms with E-state index in [1.807, 2.05) is 0 Å². The van der Waals surface area contributed by atoms with Crippen LogP contribution in [0.2, 0.25) is 0 Å². The van der Waals surface area contributed by atoms with Gasteiger partial charge in [0.2, 0.25) is 5.95 Å². The molecule has 2 aromatic heterocycles. The molecule has 0 radical (unpaired) electrons. The number of aromatic nitrogens is 3. The van der Waals surface area contributed by atoms with Gasteiger partial charge >= 0.3 is 0 Å². The van der Waals surface area contributed by atoms with Crippen LogP contribution in [-0.4, -0.2) is 41.1 Å². The zero-order chi connectivity index (χ0) is 19.4. The Labute approximate surface area is 168 Å². The molecule has 29 heavy (non-hydrogen) atoms. The fourth-order valence-corrected chi connectivity index (χ4v) is 4.90. The van der Waals surface area contributed by atoms with Crippen LogP contribution in [0.5, 0.6) is 0 Å². The molecule has 0 amide bonds. The van der Waals surface area contributed by atoms with Crippen molar-refractivity contribution in [2.24, 2.45) is 11.8 Å². The first-order chi connectivity index (χ1) is 14.3. The molecule has 4 heterocycles. The lowest BCUT2D eigenvalue weighted by atomic mass is 9.98. The Morgan fingerprint density at radius 2 is 1.69 bits per heavy atom. The highest BCUT2D eigenvalue weighted by atomic mass is 15.2. The molecule has 2 aromatic carbocycles. The van der Waals surface area contributed by atoms with Crippen LogP contribution in [-0.2, 0) is 0 Å². The maximum atomic E-state index is 5.84. The van der Waals surface area contributed by atoms with E-state index in [2.05, 4.69) is 68.7 Å². The Bertz CT molecular complexity index is 1220. The van der Waals surface area contributed by atoms with Crippen molar-refractivity contribution in [1.82, 2.24) is 20.3 Å². The Balaban J connectivity index is 1.59. The predicted molar refractivity (Wildman–Crippen MR) is 117 cm³/mol. The number of hydrogen-bond donors (Lipinski definition) is 2. The van der Waals surface area contributed by atoms with Crippen LogP contribution in [0.1, 0.15) is 0 Å². The molecule has 4 aromatic rings. The first kappa shape index (κ1) is 16.7. The Kier molecular flexibility index (Phi) is 3.67. The van der Waals surface area contributed by atoms with Gasteiger partial charge in [-0.05, 0) is 34.2 Å². The Morgan fingerprint density at radius 1 is 0.897 bits per heavy atom. The van der Waals surface area contributed by atoms with Crippen molar-refractivity contribution in [3.8, 4) is 11.1 Å². The SMILES string of the molecule is Nc1ncc2cc(-c3cccc4ccccc34)c(N3CC4CNCC4C3)nc2n1. The van der Waals surface area contributed by atoms with E-state index in [1.165, 1.54) is 16.3 Å². The molecule has 0 saturated carbocycles. The number of nitrogens with one attached hydrogen (secondary N) is 1. The van der Waals surface area contributed by atoms with Crippen LogP contribution in [0, 0.1) is 11.8 Å². The van der Waals surface area contributed by atoms with Crippen molar-refractivity contribution < 1.29 is 0 Å². The van der Waals surface area contributed by atoms with Crippen LogP contribution >= 0.6 is 0 Å². The van der Waals surface area contributed by atoms with Gasteiger partial charge in [-0.25, -0.2) is 9.97 Å². The quantitative estimate of drug-likeness (QED) is 0.555. The van der Waals surface area contributed by atoms with Crippen molar-refractivity contribution in [2.75, 3.05) is 36.8 Å². The van der Waals surface area contributed by atoms with E-state index in [9.17, 15) is 0 Å². The largest absolute Gasteiger partial charge is 0.368 e. The van der Waals surface area contributed by atoms with E-state index >= 15 is 0 Å². The minimum Gasteiger partial charge on any atom is -0.368 e. The van der Waals surface area contributed by atoms with Gasteiger partial charge in [-0.2, -0.15) is 4.98 Å². The number of rotatable bonds is 2. The van der Waals surface area contributed by atoms with E-state index in [0.29, 0.717) is 17.5 Å². The summed E-state index contributed by atoms with van der Waals surface area (Å²) >= 11 is 0. The maximum absolute atomic E-state index is 5.84. The monoisotopic (exact) mass is 382 g/mol. The highest BCUT2D eigenvalue weighted by molar-refractivity contribution is 6.01. The molecule has 2 unspecified atom stereocenters. The molecule has 0 aliphatic carbocycles. The van der Waals surface area contributed by atoms with E-state index in [1.54, 1.807) is 6.20 Å². The van der Waals surface area contributed by atoms with E-state index in [4.69, 9.17) is 10.7 Å². The number of fused-ring (bicyclic) bond motifs is 3. The molecule has 6 rings (SSSR count). The summed E-state index contributed by atoms with van der Waals surface area (Å²) in [6.45, 7) is 4.23. The second kappa shape index (κ2) is 6.39. The summed E-state index contributed by atoms with van der Waals surface area (Å²) in [6, 6.07) is 17.1. The normalized spacial score (nSPS) is 21.2. The molecule has 2 aliphatic heterocycles. The van der Waals surface area contributed by atoms with Gasteiger partial charge in [0.1, 0.15) is 5.82 Å². The third-order valence-electron chi connectivity index (χ3n) is 6.34. The smallest absolute Gasteiger partial charge is 0.222 e. The molecule has 2 fully saturated rings. The second-order valence-electron chi connectivity index (χ2n) is 8.11. The van der Waals surface area contributed by atoms with Gasteiger partial charge in [-0.3, -0.25) is 0 Å². The average Bonchev–Trinajstić information content (AvgIpc) is 3.35. The van der Waals surface area contributed by atoms with E-state index in [0.717, 1.165) is 42.9 Å². The maximum Gasteiger partial charge on any atom is 0.222 e. The highest BCUT2D eigenvalue weighted by Crippen LogP contribution is 2.39. The van der Waals surface area contributed by atoms with Gasteiger partial charge in [0.25, 0.3) is 0 Å². The summed E-state index contributed by atoms with van der Waals surface area (Å²) in [7, 11) is 0. The van der Waals surface area contributed by atoms with Crippen LogP contribution in [0.25, 0.3) is 32.9 Å². The number of benzene rings is 2. The van der Waals surface area contributed by atoms with Crippen LogP contribution in [0.3, 0.4) is 0 Å². The molecular formula is C23H22N6. The second-order valence-corrected chi connectivity index (χ2v) is 8.11. The van der Waals surface area contributed by atoms with Gasteiger partial charge in [0, 0.05) is 43.3 Å². The number of pyridine rings is 1. The molecule has 0 spiro atoms. The van der Waals surface area contributed by atoms with Crippen molar-refractivity contribution >= 4 is 33.6 Å². The van der Waals surface area contributed by atoms with E-state index in [-0.39, 0.29) is 5.95 Å². The summed E-state index contributed by atoms with van der Waals surface area (Å²) in [5.41, 5.74) is 8.83. The van der Waals surface area contributed by atoms with Crippen LogP contribution < -0.4 is 16.0 Å². The predicted octanol–water partition coefficient (Wildman–Crippen LogP) is 3.08. The summed E-state index contributed by atoms with van der Waals surface area (Å²) in [5.74, 6) is 2.63. The van der Waals surface area contributed by atoms with Gasteiger partial charge < -0.3 is 16.0 Å². The molecule has 3 N–H and O–H groups in total. The Hall–Kier alpha value is -3.25. The molecule has 2 aliphatic rings. The third kappa shape index (κ3) is 2.71. The minimum absolute atomic E-state index is 0.261. The first-order valence-corrected chi connectivity index (χ1v) is 10.1. The van der Waals surface area contributed by atoms with Gasteiger partial charge in [0.15, 0.2) is 5.65 Å². The number of anilines is 2. The standard InChI is InChI=1S/C23H22N6/c24-23-26-11-15-8-20(19-7-3-5-14-4-1-2-6-18(14)19)22(27-21(15)28-23)29-12-16-9-25-10-17(16)13-29/h1-8,11,16-17,25H,9-10,12-13H2,(H2,24,26,27,28). The van der Waals surface area contributed by atoms with E-state index < -0.39 is 0 Å². The van der Waals surface area contributed by atoms with Gasteiger partial charge in [-0.15, -0.1) is 0 Å². The van der Waals surface area contributed by atoms with Crippen molar-refractivity contribution in [2.45, 2.75) is 0 Å². The summed E-state index contributed by atoms with van der Waals surface area (Å²) in [4.78, 5) is 16.0. The lowest BCUT2D eigenvalue weighted by molar-refractivity contribution is 0.533. The number of hydrogen-bond acceptors (Lipinski definition) is 6. The number of nitrogen functional groups attached to an aromatic ring is 1. The summed E-state index contributed by atoms with van der Waals surface area (Å²) in [5, 5.41) is 6.89. The third-order valence-corrected chi connectivity index (χ3v) is 6.34. The van der Waals surface area contributed by atoms with Crippen molar-refractivity contribution in [3.05, 3.63) is 54.7 Å². The highest BCUT2D eigenvalue weighted by Gasteiger charge is 2.37. The molecule has 144 valence electrons. The van der Waals surface area contributed by atoms with Crippen molar-refractivity contribution in [1.29, 1.82) is 0 Å². The number of nitrogens with zero attached hydrogens (tertiary/aromatic N) is 4. The minimum atomic E-state index is 0.261. The Morgan fingerprint density at radius 3 is 2.55 bits per heavy atom. The molecule has 2 atom stereocenters. The lowest BCUT2D eigenvalue weighted by Gasteiger charge is -2.23. The van der Waals surface area contributed by atoms with Crippen LogP contribution in [0.15, 0.2) is 54.7 Å². The summed E-state index contributed by atoms with van der Waals surface area (Å²) in [6.07, 6.45) is 1.77. The molecule has 2 saturated heterocycles. The fourth-order valence-electron chi connectivity index (χ4n) is 4.90. The topological polar surface area (TPSA) is 80.0 Å². The van der Waals surface area contributed by atoms with Gasteiger partial charge in [0.05, 0.1) is 0 Å².